The van der Waals surface area contributed by atoms with Crippen LogP contribution in [0.1, 0.15) is 21.9 Å². The van der Waals surface area contributed by atoms with Crippen molar-refractivity contribution in [2.24, 2.45) is 0 Å². The molecule has 13 heavy (non-hydrogen) atoms. The number of aliphatic hydroxyl groups is 1. The van der Waals surface area contributed by atoms with Crippen molar-refractivity contribution in [2.45, 2.75) is 12.8 Å². The van der Waals surface area contributed by atoms with E-state index in [1.165, 1.54) is 0 Å². The van der Waals surface area contributed by atoms with E-state index in [1.807, 2.05) is 0 Å². The third-order valence-corrected chi connectivity index (χ3v) is 1.37. The van der Waals surface area contributed by atoms with Crippen LogP contribution in [0.4, 0.5) is 13.2 Å². The molecule has 1 N–H and O–H groups in total. The van der Waals surface area contributed by atoms with Gasteiger partial charge in [-0.1, -0.05) is 0 Å². The topological polar surface area (TPSA) is 50.4 Å². The first-order valence-corrected chi connectivity index (χ1v) is 3.25. The van der Waals surface area contributed by atoms with Gasteiger partial charge < -0.3 is 9.52 Å². The van der Waals surface area contributed by atoms with Gasteiger partial charge in [0.1, 0.15) is 0 Å². The van der Waals surface area contributed by atoms with Gasteiger partial charge in [-0.2, -0.15) is 13.2 Å². The summed E-state index contributed by atoms with van der Waals surface area (Å²) in [5.41, 5.74) is -0.436. The molecule has 0 fully saturated rings. The van der Waals surface area contributed by atoms with Crippen LogP contribution in [-0.2, 0) is 12.8 Å². The highest BCUT2D eigenvalue weighted by atomic mass is 19.4. The predicted octanol–water partition coefficient (Wildman–Crippen LogP) is 1.60. The Kier molecular flexibility index (Phi) is 2.42. The molecule has 6 heteroatoms. The molecule has 0 aliphatic carbocycles. The molecule has 0 unspecified atom stereocenters. The highest BCUT2D eigenvalue weighted by molar-refractivity contribution is 5.71. The summed E-state index contributed by atoms with van der Waals surface area (Å²) in [5.74, 6) is -1.77. The zero-order valence-corrected chi connectivity index (χ0v) is 6.26. The van der Waals surface area contributed by atoms with Crippen molar-refractivity contribution < 1.29 is 27.5 Å². The minimum absolute atomic E-state index is 0.147. The second kappa shape index (κ2) is 3.21. The molecule has 1 aromatic rings. The van der Waals surface area contributed by atoms with Gasteiger partial charge in [0.15, 0.2) is 12.0 Å². The third kappa shape index (κ3) is 1.89. The Morgan fingerprint density at radius 1 is 1.54 bits per heavy atom. The summed E-state index contributed by atoms with van der Waals surface area (Å²) in [6.45, 7) is -0.813. The van der Waals surface area contributed by atoms with Crippen LogP contribution >= 0.6 is 0 Å². The van der Waals surface area contributed by atoms with Crippen molar-refractivity contribution in [2.75, 3.05) is 0 Å². The zero-order chi connectivity index (χ0) is 10.1. The molecule has 1 aromatic heterocycles. The van der Waals surface area contributed by atoms with Crippen molar-refractivity contribution in [1.29, 1.82) is 0 Å². The summed E-state index contributed by atoms with van der Waals surface area (Å²) >= 11 is 0. The van der Waals surface area contributed by atoms with Crippen molar-refractivity contribution in [3.05, 3.63) is 23.2 Å². The zero-order valence-electron chi connectivity index (χ0n) is 6.26. The lowest BCUT2D eigenvalue weighted by Gasteiger charge is -2.03. The van der Waals surface area contributed by atoms with Gasteiger partial charge in [-0.3, -0.25) is 4.79 Å². The molecule has 0 bridgehead atoms. The lowest BCUT2D eigenvalue weighted by Crippen LogP contribution is -2.06. The molecule has 3 nitrogen and oxygen atoms in total. The van der Waals surface area contributed by atoms with Crippen LogP contribution in [0.5, 0.6) is 0 Å². The monoisotopic (exact) mass is 194 g/mol. The summed E-state index contributed by atoms with van der Waals surface area (Å²) < 4.78 is 40.4. The lowest BCUT2D eigenvalue weighted by atomic mass is 10.2. The van der Waals surface area contributed by atoms with Crippen molar-refractivity contribution in [3.63, 3.8) is 0 Å². The Bertz CT molecular complexity index is 313. The molecule has 0 amide bonds. The van der Waals surface area contributed by atoms with Crippen LogP contribution in [-0.4, -0.2) is 11.4 Å². The first-order chi connectivity index (χ1) is 5.99. The Hall–Kier alpha value is -1.30. The standard InChI is InChI=1S/C7H5F3O3/c8-7(9,10)6-4(2-11)1-5(3-12)13-6/h1,3,11H,2H2. The van der Waals surface area contributed by atoms with Crippen LogP contribution in [0.2, 0.25) is 0 Å². The van der Waals surface area contributed by atoms with Gasteiger partial charge >= 0.3 is 6.18 Å². The van der Waals surface area contributed by atoms with Gasteiger partial charge in [-0.25, -0.2) is 0 Å². The predicted molar refractivity (Wildman–Crippen MR) is 35.0 cm³/mol. The molecule has 0 saturated carbocycles. The molecule has 0 aliphatic rings. The van der Waals surface area contributed by atoms with Crippen LogP contribution < -0.4 is 0 Å². The van der Waals surface area contributed by atoms with E-state index in [0.717, 1.165) is 6.07 Å². The summed E-state index contributed by atoms with van der Waals surface area (Å²) in [5, 5.41) is 8.51. The first-order valence-electron chi connectivity index (χ1n) is 3.25. The van der Waals surface area contributed by atoms with Gasteiger partial charge in [0.05, 0.1) is 6.61 Å². The molecular formula is C7H5F3O3. The Balaban J connectivity index is 3.19. The fourth-order valence-corrected chi connectivity index (χ4v) is 0.866. The van der Waals surface area contributed by atoms with Crippen molar-refractivity contribution in [1.82, 2.24) is 0 Å². The maximum absolute atomic E-state index is 12.1. The van der Waals surface area contributed by atoms with Crippen LogP contribution in [0.3, 0.4) is 0 Å². The van der Waals surface area contributed by atoms with Crippen LogP contribution in [0.15, 0.2) is 10.5 Å². The van der Waals surface area contributed by atoms with E-state index in [1.54, 1.807) is 0 Å². The minimum Gasteiger partial charge on any atom is -0.448 e. The smallest absolute Gasteiger partial charge is 0.448 e. The molecule has 0 atom stereocenters. The number of rotatable bonds is 2. The summed E-state index contributed by atoms with van der Waals surface area (Å²) in [6, 6.07) is 0.857. The summed E-state index contributed by atoms with van der Waals surface area (Å²) in [6.07, 6.45) is -4.53. The number of halogens is 3. The van der Waals surface area contributed by atoms with E-state index in [2.05, 4.69) is 4.42 Å². The van der Waals surface area contributed by atoms with Gasteiger partial charge in [0.25, 0.3) is 0 Å². The quantitative estimate of drug-likeness (QED) is 0.727. The lowest BCUT2D eigenvalue weighted by molar-refractivity contribution is -0.154. The number of carbonyl (C=O) groups excluding carboxylic acids is 1. The van der Waals surface area contributed by atoms with E-state index in [-0.39, 0.29) is 6.29 Å². The maximum Gasteiger partial charge on any atom is 0.449 e. The van der Waals surface area contributed by atoms with Crippen LogP contribution in [0, 0.1) is 0 Å². The highest BCUT2D eigenvalue weighted by Gasteiger charge is 2.38. The normalized spacial score (nSPS) is 11.7. The second-order valence-corrected chi connectivity index (χ2v) is 2.28. The molecule has 72 valence electrons. The SMILES string of the molecule is O=Cc1cc(CO)c(C(F)(F)F)o1. The van der Waals surface area contributed by atoms with Gasteiger partial charge in [0, 0.05) is 5.56 Å². The van der Waals surface area contributed by atoms with E-state index < -0.39 is 29.9 Å². The second-order valence-electron chi connectivity index (χ2n) is 2.28. The fraction of sp³-hybridized carbons (Fsp3) is 0.286. The van der Waals surface area contributed by atoms with E-state index in [0.29, 0.717) is 0 Å². The Morgan fingerprint density at radius 2 is 2.15 bits per heavy atom. The average molecular weight is 194 g/mol. The number of hydrogen-bond acceptors (Lipinski definition) is 3. The molecular weight excluding hydrogens is 189 g/mol. The number of carbonyl (C=O) groups is 1. The number of aldehydes is 1. The largest absolute Gasteiger partial charge is 0.449 e. The summed E-state index contributed by atoms with van der Waals surface area (Å²) in [7, 11) is 0. The molecule has 0 spiro atoms. The number of alkyl halides is 3. The molecule has 0 aliphatic heterocycles. The minimum atomic E-state index is -4.68. The average Bonchev–Trinajstić information content (AvgIpc) is 2.46. The van der Waals surface area contributed by atoms with Gasteiger partial charge in [-0.05, 0) is 6.07 Å². The molecule has 0 aromatic carbocycles. The van der Waals surface area contributed by atoms with E-state index in [9.17, 15) is 18.0 Å². The van der Waals surface area contributed by atoms with Crippen molar-refractivity contribution in [3.8, 4) is 0 Å². The highest BCUT2D eigenvalue weighted by Crippen LogP contribution is 2.33. The Labute approximate surface area is 70.8 Å². The third-order valence-electron chi connectivity index (χ3n) is 1.37. The number of hydrogen-bond donors (Lipinski definition) is 1. The molecule has 0 saturated heterocycles. The van der Waals surface area contributed by atoms with Gasteiger partial charge in [0.2, 0.25) is 5.76 Å². The molecule has 1 rings (SSSR count). The first kappa shape index (κ1) is 9.79. The Morgan fingerprint density at radius 3 is 2.46 bits per heavy atom. The number of furan rings is 1. The van der Waals surface area contributed by atoms with E-state index in [4.69, 9.17) is 5.11 Å². The van der Waals surface area contributed by atoms with E-state index >= 15 is 0 Å². The molecule has 1 heterocycles. The maximum atomic E-state index is 12.1. The van der Waals surface area contributed by atoms with Crippen LogP contribution in [0.25, 0.3) is 0 Å². The van der Waals surface area contributed by atoms with Crippen molar-refractivity contribution >= 4 is 6.29 Å². The molecule has 0 radical (unpaired) electrons. The number of aliphatic hydroxyl groups excluding tert-OH is 1. The summed E-state index contributed by atoms with van der Waals surface area (Å²) in [4.78, 5) is 10.1. The van der Waals surface area contributed by atoms with Gasteiger partial charge in [-0.15, -0.1) is 0 Å². The fourth-order valence-electron chi connectivity index (χ4n) is 0.866.